The van der Waals surface area contributed by atoms with Gasteiger partial charge < -0.3 is 14.8 Å². The zero-order valence-electron chi connectivity index (χ0n) is 17.5. The molecule has 0 fully saturated rings. The van der Waals surface area contributed by atoms with E-state index in [1.807, 2.05) is 36.4 Å². The highest BCUT2D eigenvalue weighted by atomic mass is 79.9. The summed E-state index contributed by atoms with van der Waals surface area (Å²) in [6.45, 7) is 1.76. The number of hydrogen-bond donors (Lipinski definition) is 2. The third-order valence-electron chi connectivity index (χ3n) is 4.76. The van der Waals surface area contributed by atoms with Crippen LogP contribution in [0.3, 0.4) is 0 Å². The summed E-state index contributed by atoms with van der Waals surface area (Å²) < 4.78 is 35.0. The summed E-state index contributed by atoms with van der Waals surface area (Å²) in [5, 5.41) is 9.19. The molecule has 0 heterocycles. The van der Waals surface area contributed by atoms with E-state index in [2.05, 4.69) is 21.2 Å². The largest absolute Gasteiger partial charge is 0.493 e. The van der Waals surface area contributed by atoms with Gasteiger partial charge in [-0.25, -0.2) is 13.6 Å². The predicted octanol–water partition coefficient (Wildman–Crippen LogP) is 4.67. The van der Waals surface area contributed by atoms with E-state index in [4.69, 9.17) is 26.2 Å². The molecule has 0 unspecified atom stereocenters. The van der Waals surface area contributed by atoms with Crippen molar-refractivity contribution >= 4 is 37.6 Å². The number of hydrogen-bond acceptors (Lipinski definition) is 5. The zero-order valence-corrected chi connectivity index (χ0v) is 20.6. The highest BCUT2D eigenvalue weighted by molar-refractivity contribution is 9.10. The van der Waals surface area contributed by atoms with Crippen molar-refractivity contribution in [2.24, 2.45) is 5.14 Å². The Morgan fingerprint density at radius 3 is 2.28 bits per heavy atom. The average Bonchev–Trinajstić information content (AvgIpc) is 2.76. The molecule has 3 rings (SSSR count). The van der Waals surface area contributed by atoms with Gasteiger partial charge in [-0.15, -0.1) is 0 Å². The maximum Gasteiger partial charge on any atom is 0.238 e. The van der Waals surface area contributed by atoms with Gasteiger partial charge in [0.1, 0.15) is 6.61 Å². The number of nitrogens with two attached hydrogens (primary N) is 1. The van der Waals surface area contributed by atoms with Crippen LogP contribution >= 0.6 is 27.5 Å². The number of primary sulfonamides is 1. The average molecular weight is 540 g/mol. The second-order valence-corrected chi connectivity index (χ2v) is 9.99. The molecule has 0 atom stereocenters. The van der Waals surface area contributed by atoms with Crippen LogP contribution in [-0.4, -0.2) is 22.1 Å². The summed E-state index contributed by atoms with van der Waals surface area (Å²) in [7, 11) is -2.05. The monoisotopic (exact) mass is 538 g/mol. The first kappa shape index (κ1) is 24.5. The normalized spacial score (nSPS) is 11.4. The van der Waals surface area contributed by atoms with E-state index in [9.17, 15) is 8.42 Å². The third-order valence-corrected chi connectivity index (χ3v) is 6.53. The van der Waals surface area contributed by atoms with Gasteiger partial charge in [0.25, 0.3) is 0 Å². The molecule has 6 nitrogen and oxygen atoms in total. The summed E-state index contributed by atoms with van der Waals surface area (Å²) in [6.07, 6.45) is 0.755. The SMILES string of the molecule is COc1cc(CNCCc2ccc(S(N)(=O)=O)cc2)cc(Br)c1OCc1ccc(Cl)cc1. The molecule has 0 spiro atoms. The van der Waals surface area contributed by atoms with Crippen molar-refractivity contribution in [3.8, 4) is 11.5 Å². The van der Waals surface area contributed by atoms with Crippen molar-refractivity contribution in [3.63, 3.8) is 0 Å². The maximum atomic E-state index is 11.3. The van der Waals surface area contributed by atoms with Crippen molar-refractivity contribution in [3.05, 3.63) is 86.8 Å². The van der Waals surface area contributed by atoms with Crippen LogP contribution in [0.25, 0.3) is 0 Å². The minimum atomic E-state index is -3.66. The number of sulfonamides is 1. The molecule has 170 valence electrons. The predicted molar refractivity (Wildman–Crippen MR) is 130 cm³/mol. The Morgan fingerprint density at radius 2 is 1.66 bits per heavy atom. The van der Waals surface area contributed by atoms with Gasteiger partial charge >= 0.3 is 0 Å². The van der Waals surface area contributed by atoms with Gasteiger partial charge in [0.05, 0.1) is 16.5 Å². The Balaban J connectivity index is 1.55. The van der Waals surface area contributed by atoms with Gasteiger partial charge in [0.2, 0.25) is 10.0 Å². The number of methoxy groups -OCH3 is 1. The molecular formula is C23H24BrClN2O4S. The molecule has 32 heavy (non-hydrogen) atoms. The van der Waals surface area contributed by atoms with Crippen molar-refractivity contribution in [2.75, 3.05) is 13.7 Å². The van der Waals surface area contributed by atoms with Crippen LogP contribution in [-0.2, 0) is 29.6 Å². The molecule has 0 saturated carbocycles. The zero-order chi connectivity index (χ0) is 23.1. The number of ether oxygens (including phenoxy) is 2. The highest BCUT2D eigenvalue weighted by Gasteiger charge is 2.12. The lowest BCUT2D eigenvalue weighted by atomic mass is 10.1. The minimum absolute atomic E-state index is 0.115. The highest BCUT2D eigenvalue weighted by Crippen LogP contribution is 2.37. The molecule has 0 aliphatic carbocycles. The lowest BCUT2D eigenvalue weighted by Crippen LogP contribution is -2.17. The molecule has 0 saturated heterocycles. The molecule has 0 amide bonds. The smallest absolute Gasteiger partial charge is 0.238 e. The second-order valence-electron chi connectivity index (χ2n) is 7.14. The van der Waals surface area contributed by atoms with Crippen molar-refractivity contribution in [1.29, 1.82) is 0 Å². The molecule has 0 aliphatic rings. The molecule has 3 aromatic carbocycles. The van der Waals surface area contributed by atoms with Gasteiger partial charge in [0.15, 0.2) is 11.5 Å². The van der Waals surface area contributed by atoms with Gasteiger partial charge in [-0.1, -0.05) is 35.9 Å². The fourth-order valence-electron chi connectivity index (χ4n) is 3.06. The summed E-state index contributed by atoms with van der Waals surface area (Å²) >= 11 is 9.51. The van der Waals surface area contributed by atoms with Crippen LogP contribution in [0.2, 0.25) is 5.02 Å². The van der Waals surface area contributed by atoms with E-state index in [1.165, 1.54) is 12.1 Å². The first-order valence-corrected chi connectivity index (χ1v) is 12.5. The summed E-state index contributed by atoms with van der Waals surface area (Å²) in [5.74, 6) is 1.28. The van der Waals surface area contributed by atoms with Crippen molar-refractivity contribution < 1.29 is 17.9 Å². The summed E-state index contributed by atoms with van der Waals surface area (Å²) in [5.41, 5.74) is 3.07. The fourth-order valence-corrected chi connectivity index (χ4v) is 4.31. The van der Waals surface area contributed by atoms with Crippen molar-refractivity contribution in [2.45, 2.75) is 24.5 Å². The molecule has 3 aromatic rings. The van der Waals surface area contributed by atoms with Crippen LogP contribution in [0.1, 0.15) is 16.7 Å². The molecule has 9 heteroatoms. The van der Waals surface area contributed by atoms with Crippen LogP contribution in [0.15, 0.2) is 70.0 Å². The van der Waals surface area contributed by atoms with Crippen LogP contribution in [0.5, 0.6) is 11.5 Å². The van der Waals surface area contributed by atoms with Crippen molar-refractivity contribution in [1.82, 2.24) is 5.32 Å². The topological polar surface area (TPSA) is 90.6 Å². The molecule has 0 aromatic heterocycles. The third kappa shape index (κ3) is 6.95. The van der Waals surface area contributed by atoms with E-state index in [1.54, 1.807) is 19.2 Å². The second kappa shape index (κ2) is 11.2. The van der Waals surface area contributed by atoms with E-state index in [0.717, 1.165) is 34.1 Å². The Morgan fingerprint density at radius 1 is 1.00 bits per heavy atom. The van der Waals surface area contributed by atoms with Gasteiger partial charge in [0, 0.05) is 11.6 Å². The molecule has 3 N–H and O–H groups in total. The first-order valence-electron chi connectivity index (χ1n) is 9.82. The lowest BCUT2D eigenvalue weighted by Gasteiger charge is -2.15. The number of benzene rings is 3. The summed E-state index contributed by atoms with van der Waals surface area (Å²) in [6, 6.07) is 18.0. The standard InChI is InChI=1S/C23H24BrClN2O4S/c1-30-22-13-18(12-21(24)23(22)31-15-17-2-6-19(25)7-3-17)14-27-11-10-16-4-8-20(9-5-16)32(26,28)29/h2-9,12-13,27H,10-11,14-15H2,1H3,(H2,26,28,29). The molecule has 0 bridgehead atoms. The van der Waals surface area contributed by atoms with E-state index in [-0.39, 0.29) is 4.90 Å². The fraction of sp³-hybridized carbons (Fsp3) is 0.217. The first-order chi connectivity index (χ1) is 15.3. The van der Waals surface area contributed by atoms with E-state index >= 15 is 0 Å². The van der Waals surface area contributed by atoms with Crippen LogP contribution < -0.4 is 19.9 Å². The summed E-state index contributed by atoms with van der Waals surface area (Å²) in [4.78, 5) is 0.115. The Bertz CT molecular complexity index is 1150. The van der Waals surface area contributed by atoms with Gasteiger partial charge in [-0.3, -0.25) is 0 Å². The van der Waals surface area contributed by atoms with Gasteiger partial charge in [-0.05, 0) is 82.0 Å². The Kier molecular flexibility index (Phi) is 8.56. The Labute approximate surface area is 201 Å². The van der Waals surface area contributed by atoms with E-state index < -0.39 is 10.0 Å². The number of halogens is 2. The van der Waals surface area contributed by atoms with E-state index in [0.29, 0.717) is 29.7 Å². The Hall–Kier alpha value is -2.10. The number of rotatable bonds is 10. The minimum Gasteiger partial charge on any atom is -0.493 e. The lowest BCUT2D eigenvalue weighted by molar-refractivity contribution is 0.282. The quantitative estimate of drug-likeness (QED) is 0.366. The van der Waals surface area contributed by atoms with Crippen LogP contribution in [0, 0.1) is 0 Å². The molecular weight excluding hydrogens is 516 g/mol. The maximum absolute atomic E-state index is 11.3. The molecule has 0 radical (unpaired) electrons. The van der Waals surface area contributed by atoms with Gasteiger partial charge in [-0.2, -0.15) is 0 Å². The molecule has 0 aliphatic heterocycles. The number of nitrogens with one attached hydrogen (secondary N) is 1. The van der Waals surface area contributed by atoms with Crippen LogP contribution in [0.4, 0.5) is 0 Å².